The van der Waals surface area contributed by atoms with Crippen LogP contribution in [0.3, 0.4) is 0 Å². The number of aryl methyl sites for hydroxylation is 2. The minimum atomic E-state index is -0.261. The Labute approximate surface area is 136 Å². The maximum atomic E-state index is 12.7. The zero-order valence-electron chi connectivity index (χ0n) is 12.9. The Morgan fingerprint density at radius 1 is 1.35 bits per heavy atom. The van der Waals surface area contributed by atoms with E-state index in [9.17, 15) is 4.79 Å². The van der Waals surface area contributed by atoms with Gasteiger partial charge >= 0.3 is 0 Å². The summed E-state index contributed by atoms with van der Waals surface area (Å²) in [5.41, 5.74) is 1.48. The molecule has 118 valence electrons. The van der Waals surface area contributed by atoms with Gasteiger partial charge in [0, 0.05) is 22.7 Å². The fraction of sp³-hybridized carbons (Fsp3) is 0.188. The molecule has 2 heterocycles. The van der Waals surface area contributed by atoms with Gasteiger partial charge in [-0.05, 0) is 13.0 Å². The SMILES string of the molecule is COc1c(C)nn(C)c(=O)c1-c1c(C=NO)sc2ccccc12. The number of hydrogen-bond acceptors (Lipinski definition) is 6. The Hall–Kier alpha value is -2.67. The van der Waals surface area contributed by atoms with Crippen LogP contribution in [0.2, 0.25) is 0 Å². The van der Waals surface area contributed by atoms with E-state index in [-0.39, 0.29) is 5.56 Å². The number of ether oxygens (including phenoxy) is 1. The summed E-state index contributed by atoms with van der Waals surface area (Å²) in [6.45, 7) is 1.79. The van der Waals surface area contributed by atoms with Crippen molar-refractivity contribution < 1.29 is 9.94 Å². The molecule has 0 aliphatic heterocycles. The van der Waals surface area contributed by atoms with Gasteiger partial charge in [-0.3, -0.25) is 4.79 Å². The van der Waals surface area contributed by atoms with Gasteiger partial charge in [0.1, 0.15) is 5.69 Å². The van der Waals surface area contributed by atoms with E-state index >= 15 is 0 Å². The summed E-state index contributed by atoms with van der Waals surface area (Å²) in [5, 5.41) is 17.2. The minimum absolute atomic E-state index is 0.261. The Kier molecular flexibility index (Phi) is 3.87. The van der Waals surface area contributed by atoms with E-state index in [4.69, 9.17) is 9.94 Å². The van der Waals surface area contributed by atoms with E-state index in [1.54, 1.807) is 14.0 Å². The van der Waals surface area contributed by atoms with Gasteiger partial charge in [-0.25, -0.2) is 4.68 Å². The first-order chi connectivity index (χ1) is 11.1. The first-order valence-corrected chi connectivity index (χ1v) is 7.71. The minimum Gasteiger partial charge on any atom is -0.494 e. The summed E-state index contributed by atoms with van der Waals surface area (Å²) in [7, 11) is 3.12. The molecule has 0 aliphatic rings. The van der Waals surface area contributed by atoms with Crippen molar-refractivity contribution in [3.63, 3.8) is 0 Å². The fourth-order valence-electron chi connectivity index (χ4n) is 2.69. The molecule has 0 aliphatic carbocycles. The van der Waals surface area contributed by atoms with Gasteiger partial charge in [0.25, 0.3) is 5.56 Å². The molecule has 6 nitrogen and oxygen atoms in total. The number of fused-ring (bicyclic) bond motifs is 1. The second-order valence-corrected chi connectivity index (χ2v) is 6.09. The summed E-state index contributed by atoms with van der Waals surface area (Å²) >= 11 is 1.45. The third-order valence-electron chi connectivity index (χ3n) is 3.62. The van der Waals surface area contributed by atoms with Crippen molar-refractivity contribution >= 4 is 27.6 Å². The van der Waals surface area contributed by atoms with Gasteiger partial charge in [0.2, 0.25) is 0 Å². The number of methoxy groups -OCH3 is 1. The number of nitrogens with zero attached hydrogens (tertiary/aromatic N) is 3. The average molecular weight is 329 g/mol. The highest BCUT2D eigenvalue weighted by atomic mass is 32.1. The molecule has 7 heteroatoms. The standard InChI is InChI=1S/C16H15N3O3S/c1-9-15(22-3)14(16(20)19(2)18-9)13-10-6-4-5-7-11(10)23-12(13)8-17-21/h4-8,21H,1-3H3. The predicted octanol–water partition coefficient (Wildman–Crippen LogP) is 2.79. The second kappa shape index (κ2) is 5.85. The summed E-state index contributed by atoms with van der Waals surface area (Å²) < 4.78 is 7.73. The summed E-state index contributed by atoms with van der Waals surface area (Å²) in [6.07, 6.45) is 1.34. The molecule has 0 radical (unpaired) electrons. The number of rotatable bonds is 3. The lowest BCUT2D eigenvalue weighted by molar-refractivity contribution is 0.322. The van der Waals surface area contributed by atoms with Crippen LogP contribution in [0.1, 0.15) is 10.6 Å². The lowest BCUT2D eigenvalue weighted by Gasteiger charge is -2.12. The van der Waals surface area contributed by atoms with Crippen molar-refractivity contribution in [2.45, 2.75) is 6.92 Å². The molecule has 0 atom stereocenters. The van der Waals surface area contributed by atoms with Crippen LogP contribution >= 0.6 is 11.3 Å². The van der Waals surface area contributed by atoms with Gasteiger partial charge < -0.3 is 9.94 Å². The highest BCUT2D eigenvalue weighted by molar-refractivity contribution is 7.21. The van der Waals surface area contributed by atoms with Crippen molar-refractivity contribution in [3.05, 3.63) is 45.2 Å². The van der Waals surface area contributed by atoms with E-state index in [1.165, 1.54) is 29.3 Å². The second-order valence-electron chi connectivity index (χ2n) is 5.00. The molecule has 3 aromatic rings. The molecule has 1 N–H and O–H groups in total. The summed E-state index contributed by atoms with van der Waals surface area (Å²) in [5.74, 6) is 0.434. The van der Waals surface area contributed by atoms with Crippen LogP contribution in [0.25, 0.3) is 21.2 Å². The van der Waals surface area contributed by atoms with E-state index in [1.807, 2.05) is 24.3 Å². The molecule has 0 unspecified atom stereocenters. The quantitative estimate of drug-likeness (QED) is 0.455. The molecular formula is C16H15N3O3S. The average Bonchev–Trinajstić information content (AvgIpc) is 2.89. The number of oxime groups is 1. The number of hydrogen-bond donors (Lipinski definition) is 1. The molecule has 23 heavy (non-hydrogen) atoms. The number of benzene rings is 1. The van der Waals surface area contributed by atoms with Crippen molar-refractivity contribution in [1.82, 2.24) is 9.78 Å². The Morgan fingerprint density at radius 2 is 2.09 bits per heavy atom. The fourth-order valence-corrected chi connectivity index (χ4v) is 3.77. The largest absolute Gasteiger partial charge is 0.494 e. The van der Waals surface area contributed by atoms with Crippen LogP contribution in [-0.2, 0) is 7.05 Å². The normalized spacial score (nSPS) is 11.4. The van der Waals surface area contributed by atoms with Crippen molar-refractivity contribution in [3.8, 4) is 16.9 Å². The Morgan fingerprint density at radius 3 is 2.78 bits per heavy atom. The zero-order valence-corrected chi connectivity index (χ0v) is 13.7. The smallest absolute Gasteiger partial charge is 0.278 e. The molecule has 0 saturated carbocycles. The van der Waals surface area contributed by atoms with E-state index in [0.717, 1.165) is 10.1 Å². The van der Waals surface area contributed by atoms with Gasteiger partial charge in [0.15, 0.2) is 5.75 Å². The molecular weight excluding hydrogens is 314 g/mol. The van der Waals surface area contributed by atoms with Crippen LogP contribution in [-0.4, -0.2) is 28.3 Å². The van der Waals surface area contributed by atoms with Gasteiger partial charge in [0.05, 0.1) is 23.8 Å². The van der Waals surface area contributed by atoms with Crippen LogP contribution in [0.15, 0.2) is 34.2 Å². The molecule has 0 saturated heterocycles. The van der Waals surface area contributed by atoms with E-state index in [2.05, 4.69) is 10.3 Å². The molecule has 0 amide bonds. The number of thiophene rings is 1. The van der Waals surface area contributed by atoms with Crippen LogP contribution in [0.4, 0.5) is 0 Å². The summed E-state index contributed by atoms with van der Waals surface area (Å²) in [4.78, 5) is 13.4. The molecule has 0 fully saturated rings. The predicted molar refractivity (Wildman–Crippen MR) is 91.0 cm³/mol. The molecule has 0 bridgehead atoms. The van der Waals surface area contributed by atoms with E-state index < -0.39 is 0 Å². The third kappa shape index (κ3) is 2.39. The first-order valence-electron chi connectivity index (χ1n) is 6.89. The molecule has 3 rings (SSSR count). The van der Waals surface area contributed by atoms with Gasteiger partial charge in [-0.15, -0.1) is 11.3 Å². The summed E-state index contributed by atoms with van der Waals surface area (Å²) in [6, 6.07) is 7.73. The van der Waals surface area contributed by atoms with Gasteiger partial charge in [-0.2, -0.15) is 5.10 Å². The molecule has 2 aromatic heterocycles. The van der Waals surface area contributed by atoms with Crippen LogP contribution in [0, 0.1) is 6.92 Å². The Bertz CT molecular complexity index is 973. The van der Waals surface area contributed by atoms with E-state index in [0.29, 0.717) is 27.4 Å². The molecule has 1 aromatic carbocycles. The Balaban J connectivity index is 2.51. The lowest BCUT2D eigenvalue weighted by atomic mass is 10.0. The first kappa shape index (κ1) is 15.2. The van der Waals surface area contributed by atoms with Crippen molar-refractivity contribution in [2.75, 3.05) is 7.11 Å². The van der Waals surface area contributed by atoms with Crippen LogP contribution in [0.5, 0.6) is 5.75 Å². The van der Waals surface area contributed by atoms with Gasteiger partial charge in [-0.1, -0.05) is 23.4 Å². The lowest BCUT2D eigenvalue weighted by Crippen LogP contribution is -2.23. The number of aromatic nitrogens is 2. The van der Waals surface area contributed by atoms with Crippen LogP contribution < -0.4 is 10.3 Å². The highest BCUT2D eigenvalue weighted by Gasteiger charge is 2.22. The topological polar surface area (TPSA) is 76.7 Å². The molecule has 0 spiro atoms. The third-order valence-corrected chi connectivity index (χ3v) is 4.72. The maximum absolute atomic E-state index is 12.7. The monoisotopic (exact) mass is 329 g/mol. The highest BCUT2D eigenvalue weighted by Crippen LogP contribution is 2.40. The zero-order chi connectivity index (χ0) is 16.6. The maximum Gasteiger partial charge on any atom is 0.278 e. The van der Waals surface area contributed by atoms with Crippen molar-refractivity contribution in [1.29, 1.82) is 0 Å². The van der Waals surface area contributed by atoms with Crippen molar-refractivity contribution in [2.24, 2.45) is 12.2 Å².